The highest BCUT2D eigenvalue weighted by molar-refractivity contribution is 5.85. The van der Waals surface area contributed by atoms with Crippen LogP contribution >= 0.6 is 0 Å². The first-order valence-corrected chi connectivity index (χ1v) is 10.5. The molecule has 1 aromatic heterocycles. The first-order valence-electron chi connectivity index (χ1n) is 10.5. The number of benzene rings is 1. The summed E-state index contributed by atoms with van der Waals surface area (Å²) in [6.45, 7) is 4.20. The van der Waals surface area contributed by atoms with Gasteiger partial charge >= 0.3 is 0 Å². The Kier molecular flexibility index (Phi) is 5.54. The Bertz CT molecular complexity index is 854. The second-order valence-electron chi connectivity index (χ2n) is 8.49. The zero-order valence-corrected chi connectivity index (χ0v) is 17.3. The van der Waals surface area contributed by atoms with Crippen molar-refractivity contribution in [2.75, 3.05) is 32.1 Å². The van der Waals surface area contributed by atoms with Gasteiger partial charge in [0.2, 0.25) is 5.91 Å². The third-order valence-electron chi connectivity index (χ3n) is 6.10. The molecule has 1 aromatic carbocycles. The number of hydrogen-bond donors (Lipinski definition) is 0. The maximum absolute atomic E-state index is 13.2. The Morgan fingerprint density at radius 1 is 1.21 bits per heavy atom. The molecule has 2 fully saturated rings. The third-order valence-corrected chi connectivity index (χ3v) is 6.10. The van der Waals surface area contributed by atoms with Crippen LogP contribution in [0, 0.1) is 12.8 Å². The number of pyridine rings is 1. The Labute approximate surface area is 167 Å². The zero-order chi connectivity index (χ0) is 19.7. The molecule has 0 N–H and O–H groups in total. The van der Waals surface area contributed by atoms with Gasteiger partial charge in [0.1, 0.15) is 5.82 Å². The molecule has 4 rings (SSSR count). The summed E-state index contributed by atoms with van der Waals surface area (Å²) in [6, 6.07) is 8.48. The number of ether oxygens (including phenoxy) is 1. The smallest absolute Gasteiger partial charge is 0.226 e. The molecule has 2 heterocycles. The molecule has 1 saturated carbocycles. The zero-order valence-electron chi connectivity index (χ0n) is 17.3. The predicted octanol–water partition coefficient (Wildman–Crippen LogP) is 3.92. The summed E-state index contributed by atoms with van der Waals surface area (Å²) in [7, 11) is 4.04. The van der Waals surface area contributed by atoms with Crippen molar-refractivity contribution in [3.8, 4) is 0 Å². The molecule has 2 aliphatic rings. The topological polar surface area (TPSA) is 45.7 Å². The van der Waals surface area contributed by atoms with Crippen molar-refractivity contribution in [1.29, 1.82) is 0 Å². The summed E-state index contributed by atoms with van der Waals surface area (Å²) in [4.78, 5) is 22.2. The monoisotopic (exact) mass is 381 g/mol. The second-order valence-corrected chi connectivity index (χ2v) is 8.49. The molecule has 0 radical (unpaired) electrons. The van der Waals surface area contributed by atoms with Gasteiger partial charge in [-0.3, -0.25) is 4.79 Å². The molecule has 0 spiro atoms. The van der Waals surface area contributed by atoms with Crippen molar-refractivity contribution in [2.24, 2.45) is 5.92 Å². The Morgan fingerprint density at radius 2 is 2.04 bits per heavy atom. The van der Waals surface area contributed by atoms with E-state index in [0.717, 1.165) is 54.6 Å². The van der Waals surface area contributed by atoms with Crippen LogP contribution in [0.5, 0.6) is 0 Å². The number of carbonyl (C=O) groups excluding carboxylic acids is 1. The summed E-state index contributed by atoms with van der Waals surface area (Å²) in [5.41, 5.74) is 3.31. The van der Waals surface area contributed by atoms with E-state index in [1.165, 1.54) is 12.0 Å². The number of hydrogen-bond acceptors (Lipinski definition) is 4. The van der Waals surface area contributed by atoms with Crippen LogP contribution < -0.4 is 4.90 Å². The van der Waals surface area contributed by atoms with Gasteiger partial charge in [0.25, 0.3) is 0 Å². The largest absolute Gasteiger partial charge is 0.376 e. The standard InChI is InChI=1S/C23H31N3O2/c1-16-7-4-10-18-13-19(22(25(2)3)24-21(16)18)14-26(15-20-11-6-12-28-20)23(27)17-8-5-9-17/h4,7,10,13,17,20H,5-6,8-9,11-12,14-15H2,1-3H3. The van der Waals surface area contributed by atoms with E-state index in [9.17, 15) is 4.79 Å². The van der Waals surface area contributed by atoms with E-state index in [4.69, 9.17) is 9.72 Å². The van der Waals surface area contributed by atoms with Crippen LogP contribution in [0.3, 0.4) is 0 Å². The lowest BCUT2D eigenvalue weighted by molar-refractivity contribution is -0.140. The molecule has 5 heteroatoms. The lowest BCUT2D eigenvalue weighted by Gasteiger charge is -2.33. The van der Waals surface area contributed by atoms with Crippen molar-refractivity contribution in [2.45, 2.75) is 51.7 Å². The fourth-order valence-corrected chi connectivity index (χ4v) is 4.27. The highest BCUT2D eigenvalue weighted by atomic mass is 16.5. The van der Waals surface area contributed by atoms with Gasteiger partial charge < -0.3 is 14.5 Å². The number of anilines is 1. The number of aromatic nitrogens is 1. The quantitative estimate of drug-likeness (QED) is 0.761. The van der Waals surface area contributed by atoms with Crippen LogP contribution in [0.25, 0.3) is 10.9 Å². The van der Waals surface area contributed by atoms with Crippen LogP contribution in [0.2, 0.25) is 0 Å². The number of amides is 1. The Balaban J connectivity index is 1.66. The molecule has 2 aromatic rings. The number of fused-ring (bicyclic) bond motifs is 1. The molecule has 1 unspecified atom stereocenters. The minimum atomic E-state index is 0.169. The lowest BCUT2D eigenvalue weighted by atomic mass is 9.84. The molecule has 0 bridgehead atoms. The number of nitrogens with zero attached hydrogens (tertiary/aromatic N) is 3. The van der Waals surface area contributed by atoms with E-state index in [2.05, 4.69) is 36.1 Å². The molecule has 5 nitrogen and oxygen atoms in total. The van der Waals surface area contributed by atoms with Gasteiger partial charge in [0.05, 0.1) is 11.6 Å². The first-order chi connectivity index (χ1) is 13.5. The summed E-state index contributed by atoms with van der Waals surface area (Å²) in [5.74, 6) is 1.43. The normalized spacial score (nSPS) is 19.6. The Morgan fingerprint density at radius 3 is 2.68 bits per heavy atom. The SMILES string of the molecule is Cc1cccc2cc(CN(CC3CCCO3)C(=O)C3CCC3)c(N(C)C)nc12. The van der Waals surface area contributed by atoms with Crippen molar-refractivity contribution in [3.05, 3.63) is 35.4 Å². The third kappa shape index (κ3) is 3.86. The van der Waals surface area contributed by atoms with Crippen LogP contribution in [-0.4, -0.2) is 49.1 Å². The molecule has 1 atom stereocenters. The van der Waals surface area contributed by atoms with Crippen molar-refractivity contribution < 1.29 is 9.53 Å². The van der Waals surface area contributed by atoms with Crippen LogP contribution in [0.15, 0.2) is 24.3 Å². The fourth-order valence-electron chi connectivity index (χ4n) is 4.27. The first kappa shape index (κ1) is 19.2. The van der Waals surface area contributed by atoms with Gasteiger partial charge in [-0.05, 0) is 44.2 Å². The summed E-state index contributed by atoms with van der Waals surface area (Å²) in [6.07, 6.45) is 5.53. The van der Waals surface area contributed by atoms with Crippen molar-refractivity contribution in [3.63, 3.8) is 0 Å². The number of rotatable bonds is 6. The highest BCUT2D eigenvalue weighted by Gasteiger charge is 2.32. The highest BCUT2D eigenvalue weighted by Crippen LogP contribution is 2.31. The second kappa shape index (κ2) is 8.08. The summed E-state index contributed by atoms with van der Waals surface area (Å²) in [5, 5.41) is 1.13. The predicted molar refractivity (Wildman–Crippen MR) is 113 cm³/mol. The molecule has 1 aliphatic carbocycles. The average Bonchev–Trinajstić information content (AvgIpc) is 3.12. The maximum Gasteiger partial charge on any atom is 0.226 e. The number of aryl methyl sites for hydroxylation is 1. The molecular formula is C23H31N3O2. The van der Waals surface area contributed by atoms with Crippen molar-refractivity contribution in [1.82, 2.24) is 9.88 Å². The number of para-hydroxylation sites is 1. The van der Waals surface area contributed by atoms with E-state index in [0.29, 0.717) is 13.1 Å². The van der Waals surface area contributed by atoms with Crippen LogP contribution in [-0.2, 0) is 16.1 Å². The summed E-state index contributed by atoms with van der Waals surface area (Å²) < 4.78 is 5.85. The minimum Gasteiger partial charge on any atom is -0.376 e. The van der Waals surface area contributed by atoms with Gasteiger partial charge in [-0.1, -0.05) is 24.6 Å². The van der Waals surface area contributed by atoms with Crippen LogP contribution in [0.1, 0.15) is 43.2 Å². The molecule has 1 saturated heterocycles. The summed E-state index contributed by atoms with van der Waals surface area (Å²) >= 11 is 0. The average molecular weight is 382 g/mol. The van der Waals surface area contributed by atoms with Crippen molar-refractivity contribution >= 4 is 22.6 Å². The van der Waals surface area contributed by atoms with Gasteiger partial charge in [0, 0.05) is 50.7 Å². The van der Waals surface area contributed by atoms with Gasteiger partial charge in [-0.25, -0.2) is 4.98 Å². The van der Waals surface area contributed by atoms with Crippen LogP contribution in [0.4, 0.5) is 5.82 Å². The number of carbonyl (C=O) groups is 1. The van der Waals surface area contributed by atoms with E-state index in [1.807, 2.05) is 19.0 Å². The molecule has 1 amide bonds. The van der Waals surface area contributed by atoms with E-state index in [-0.39, 0.29) is 17.9 Å². The lowest BCUT2D eigenvalue weighted by Crippen LogP contribution is -2.42. The molecular weight excluding hydrogens is 350 g/mol. The van der Waals surface area contributed by atoms with Gasteiger partial charge in [-0.2, -0.15) is 0 Å². The Hall–Kier alpha value is -2.14. The van der Waals surface area contributed by atoms with E-state index in [1.54, 1.807) is 0 Å². The molecule has 150 valence electrons. The molecule has 28 heavy (non-hydrogen) atoms. The van der Waals surface area contributed by atoms with E-state index < -0.39 is 0 Å². The van der Waals surface area contributed by atoms with Gasteiger partial charge in [-0.15, -0.1) is 0 Å². The van der Waals surface area contributed by atoms with E-state index >= 15 is 0 Å². The minimum absolute atomic E-state index is 0.169. The van der Waals surface area contributed by atoms with Gasteiger partial charge in [0.15, 0.2) is 0 Å². The fraction of sp³-hybridized carbons (Fsp3) is 0.565. The maximum atomic E-state index is 13.2. The molecule has 1 aliphatic heterocycles.